The van der Waals surface area contributed by atoms with E-state index in [1.54, 1.807) is 7.05 Å². The van der Waals surface area contributed by atoms with E-state index >= 15 is 0 Å². The van der Waals surface area contributed by atoms with Gasteiger partial charge in [0.05, 0.1) is 5.69 Å². The van der Waals surface area contributed by atoms with E-state index in [9.17, 15) is 12.8 Å². The van der Waals surface area contributed by atoms with Crippen molar-refractivity contribution in [2.45, 2.75) is 4.90 Å². The molecule has 0 amide bonds. The Morgan fingerprint density at radius 1 is 1.47 bits per heavy atom. The Morgan fingerprint density at radius 2 is 2.16 bits per heavy atom. The van der Waals surface area contributed by atoms with Gasteiger partial charge in [-0.25, -0.2) is 12.8 Å². The second-order valence-corrected chi connectivity index (χ2v) is 6.29. The van der Waals surface area contributed by atoms with Gasteiger partial charge in [-0.2, -0.15) is 5.10 Å². The number of aromatic nitrogens is 2. The quantitative estimate of drug-likeness (QED) is 0.883. The van der Waals surface area contributed by atoms with Gasteiger partial charge in [0.2, 0.25) is 0 Å². The van der Waals surface area contributed by atoms with E-state index in [4.69, 9.17) is 5.73 Å². The number of hydrogen-bond acceptors (Lipinski definition) is 4. The van der Waals surface area contributed by atoms with Gasteiger partial charge in [0.25, 0.3) is 10.0 Å². The van der Waals surface area contributed by atoms with Gasteiger partial charge in [0.15, 0.2) is 5.82 Å². The molecule has 0 aliphatic heterocycles. The summed E-state index contributed by atoms with van der Waals surface area (Å²) >= 11 is 3.13. The van der Waals surface area contributed by atoms with Crippen LogP contribution in [-0.4, -0.2) is 18.2 Å². The number of anilines is 2. The third kappa shape index (κ3) is 2.87. The predicted molar refractivity (Wildman–Crippen MR) is 72.5 cm³/mol. The summed E-state index contributed by atoms with van der Waals surface area (Å²) in [5.74, 6) is -0.678. The highest BCUT2D eigenvalue weighted by atomic mass is 79.9. The van der Waals surface area contributed by atoms with Crippen LogP contribution in [0.15, 0.2) is 33.8 Å². The lowest BCUT2D eigenvalue weighted by Crippen LogP contribution is -2.14. The highest BCUT2D eigenvalue weighted by Gasteiger charge is 2.21. The van der Waals surface area contributed by atoms with Crippen LogP contribution in [0.25, 0.3) is 0 Å². The minimum absolute atomic E-state index is 0.0863. The summed E-state index contributed by atoms with van der Waals surface area (Å²) in [4.78, 5) is -0.161. The summed E-state index contributed by atoms with van der Waals surface area (Å²) in [6.07, 6.45) is 1.27. The van der Waals surface area contributed by atoms with Gasteiger partial charge in [-0.1, -0.05) is 0 Å². The number of nitrogens with two attached hydrogens (primary N) is 1. The summed E-state index contributed by atoms with van der Waals surface area (Å²) in [5.41, 5.74) is 5.60. The molecule has 0 fully saturated rings. The predicted octanol–water partition coefficient (Wildman–Crippen LogP) is 1.70. The first-order chi connectivity index (χ1) is 8.79. The molecule has 2 aromatic rings. The molecule has 0 atom stereocenters. The number of aryl methyl sites for hydroxylation is 1. The van der Waals surface area contributed by atoms with Crippen LogP contribution in [0, 0.1) is 5.82 Å². The van der Waals surface area contributed by atoms with Crippen molar-refractivity contribution in [3.8, 4) is 0 Å². The first-order valence-electron chi connectivity index (χ1n) is 5.06. The SMILES string of the molecule is Cn1cc(S(=O)(=O)Nc2cc(F)ccc2Br)c(N)n1. The van der Waals surface area contributed by atoms with Gasteiger partial charge in [0, 0.05) is 17.7 Å². The van der Waals surface area contributed by atoms with Gasteiger partial charge < -0.3 is 5.73 Å². The van der Waals surface area contributed by atoms with Crippen LogP contribution in [0.5, 0.6) is 0 Å². The van der Waals surface area contributed by atoms with Gasteiger partial charge in [0.1, 0.15) is 10.7 Å². The second kappa shape index (κ2) is 4.82. The fourth-order valence-electron chi connectivity index (χ4n) is 1.47. The third-order valence-electron chi connectivity index (χ3n) is 2.28. The Bertz CT molecular complexity index is 729. The van der Waals surface area contributed by atoms with Crippen LogP contribution in [0.2, 0.25) is 0 Å². The van der Waals surface area contributed by atoms with Crippen molar-refractivity contribution >= 4 is 37.5 Å². The van der Waals surface area contributed by atoms with Crippen LogP contribution >= 0.6 is 15.9 Å². The molecule has 0 unspecified atom stereocenters. The van der Waals surface area contributed by atoms with Gasteiger partial charge in [-0.05, 0) is 34.1 Å². The largest absolute Gasteiger partial charge is 0.381 e. The zero-order valence-electron chi connectivity index (χ0n) is 9.76. The van der Waals surface area contributed by atoms with Crippen molar-refractivity contribution in [2.24, 2.45) is 7.05 Å². The van der Waals surface area contributed by atoms with Crippen LogP contribution in [-0.2, 0) is 17.1 Å². The van der Waals surface area contributed by atoms with Crippen molar-refractivity contribution in [1.29, 1.82) is 0 Å². The molecule has 0 aliphatic rings. The fourth-order valence-corrected chi connectivity index (χ4v) is 3.12. The Balaban J connectivity index is 2.42. The van der Waals surface area contributed by atoms with Crippen molar-refractivity contribution in [1.82, 2.24) is 9.78 Å². The number of nitrogen functional groups attached to an aromatic ring is 1. The number of sulfonamides is 1. The van der Waals surface area contributed by atoms with Crippen molar-refractivity contribution in [2.75, 3.05) is 10.5 Å². The molecule has 2 rings (SSSR count). The molecule has 0 saturated heterocycles. The summed E-state index contributed by atoms with van der Waals surface area (Å²) in [6, 6.07) is 3.67. The lowest BCUT2D eigenvalue weighted by Gasteiger charge is -2.08. The third-order valence-corrected chi connectivity index (χ3v) is 4.36. The molecule has 0 saturated carbocycles. The zero-order chi connectivity index (χ0) is 14.2. The maximum absolute atomic E-state index is 13.1. The van der Waals surface area contributed by atoms with Crippen LogP contribution in [0.3, 0.4) is 0 Å². The first-order valence-corrected chi connectivity index (χ1v) is 7.34. The van der Waals surface area contributed by atoms with E-state index in [-0.39, 0.29) is 16.4 Å². The second-order valence-electron chi connectivity index (χ2n) is 3.78. The number of nitrogens with zero attached hydrogens (tertiary/aromatic N) is 2. The van der Waals surface area contributed by atoms with Gasteiger partial charge in [-0.15, -0.1) is 0 Å². The van der Waals surface area contributed by atoms with Gasteiger partial charge in [-0.3, -0.25) is 9.40 Å². The molecule has 1 heterocycles. The Hall–Kier alpha value is -1.61. The maximum atomic E-state index is 13.1. The minimum Gasteiger partial charge on any atom is -0.381 e. The molecule has 3 N–H and O–H groups in total. The van der Waals surface area contributed by atoms with Gasteiger partial charge >= 0.3 is 0 Å². The number of rotatable bonds is 3. The van der Waals surface area contributed by atoms with E-state index in [1.807, 2.05) is 0 Å². The molecule has 0 bridgehead atoms. The lowest BCUT2D eigenvalue weighted by atomic mass is 10.3. The molecule has 0 spiro atoms. The summed E-state index contributed by atoms with van der Waals surface area (Å²) in [7, 11) is -2.37. The van der Waals surface area contributed by atoms with Crippen LogP contribution < -0.4 is 10.5 Å². The molecule has 1 aromatic heterocycles. The minimum atomic E-state index is -3.92. The number of halogens is 2. The summed E-state index contributed by atoms with van der Waals surface area (Å²) in [5, 5.41) is 3.75. The lowest BCUT2D eigenvalue weighted by molar-refractivity contribution is 0.601. The van der Waals surface area contributed by atoms with E-state index in [0.717, 1.165) is 6.07 Å². The molecular weight excluding hydrogens is 339 g/mol. The maximum Gasteiger partial charge on any atom is 0.267 e. The molecule has 102 valence electrons. The smallest absolute Gasteiger partial charge is 0.267 e. The highest BCUT2D eigenvalue weighted by Crippen LogP contribution is 2.27. The highest BCUT2D eigenvalue weighted by molar-refractivity contribution is 9.10. The molecule has 9 heteroatoms. The van der Waals surface area contributed by atoms with E-state index in [2.05, 4.69) is 25.8 Å². The normalized spacial score (nSPS) is 11.5. The molecule has 0 radical (unpaired) electrons. The first kappa shape index (κ1) is 13.8. The topological polar surface area (TPSA) is 90.0 Å². The van der Waals surface area contributed by atoms with Crippen molar-refractivity contribution < 1.29 is 12.8 Å². The standard InChI is InChI=1S/C10H10BrFN4O2S/c1-16-5-9(10(13)14-16)19(17,18)15-8-4-6(12)2-3-7(8)11/h2-5,15H,1H3,(H2,13,14). The van der Waals surface area contributed by atoms with Crippen LogP contribution in [0.1, 0.15) is 0 Å². The number of hydrogen-bond donors (Lipinski definition) is 2. The molecule has 19 heavy (non-hydrogen) atoms. The monoisotopic (exact) mass is 348 g/mol. The Labute approximate surface area is 117 Å². The molecule has 0 aliphatic carbocycles. The molecule has 6 nitrogen and oxygen atoms in total. The molecular formula is C10H10BrFN4O2S. The Morgan fingerprint density at radius 3 is 2.74 bits per heavy atom. The van der Waals surface area contributed by atoms with E-state index < -0.39 is 15.8 Å². The van der Waals surface area contributed by atoms with Crippen LogP contribution in [0.4, 0.5) is 15.9 Å². The molecule has 1 aromatic carbocycles. The van der Waals surface area contributed by atoms with Crippen molar-refractivity contribution in [3.05, 3.63) is 34.7 Å². The zero-order valence-corrected chi connectivity index (χ0v) is 12.2. The summed E-state index contributed by atoms with van der Waals surface area (Å²) in [6.45, 7) is 0. The van der Waals surface area contributed by atoms with E-state index in [0.29, 0.717) is 4.47 Å². The average Bonchev–Trinajstić information content (AvgIpc) is 2.63. The summed E-state index contributed by atoms with van der Waals surface area (Å²) < 4.78 is 41.3. The van der Waals surface area contributed by atoms with Crippen molar-refractivity contribution in [3.63, 3.8) is 0 Å². The van der Waals surface area contributed by atoms with E-state index in [1.165, 1.54) is 23.0 Å². The Kier molecular flexibility index (Phi) is 3.50. The fraction of sp³-hybridized carbons (Fsp3) is 0.100. The average molecular weight is 349 g/mol. The number of nitrogens with one attached hydrogen (secondary N) is 1. The number of benzene rings is 1.